The summed E-state index contributed by atoms with van der Waals surface area (Å²) in [5.74, 6) is 0. The predicted molar refractivity (Wildman–Crippen MR) is 74.2 cm³/mol. The Labute approximate surface area is 106 Å². The molecule has 0 saturated heterocycles. The molecule has 0 aliphatic rings. The summed E-state index contributed by atoms with van der Waals surface area (Å²) in [6.45, 7) is 2.64. The SMILES string of the molecule is Cc1cccc2cc(-c3cc(CN)ccn3)[nH]c12. The summed E-state index contributed by atoms with van der Waals surface area (Å²) in [7, 11) is 0. The summed E-state index contributed by atoms with van der Waals surface area (Å²) >= 11 is 0. The van der Waals surface area contributed by atoms with E-state index in [4.69, 9.17) is 5.73 Å². The molecule has 0 amide bonds. The fourth-order valence-corrected chi connectivity index (χ4v) is 2.19. The van der Waals surface area contributed by atoms with Crippen LogP contribution >= 0.6 is 0 Å². The van der Waals surface area contributed by atoms with Gasteiger partial charge in [-0.2, -0.15) is 0 Å². The van der Waals surface area contributed by atoms with E-state index in [0.717, 1.165) is 17.0 Å². The molecule has 0 saturated carbocycles. The second-order valence-corrected chi connectivity index (χ2v) is 4.48. The Bertz CT molecular complexity index is 698. The Kier molecular flexibility index (Phi) is 2.61. The Morgan fingerprint density at radius 2 is 2.11 bits per heavy atom. The Hall–Kier alpha value is -2.13. The number of nitrogens with one attached hydrogen (secondary N) is 1. The second-order valence-electron chi connectivity index (χ2n) is 4.48. The number of nitrogens with two attached hydrogens (primary N) is 1. The third-order valence-electron chi connectivity index (χ3n) is 3.20. The first kappa shape index (κ1) is 11.0. The molecule has 0 spiro atoms. The van der Waals surface area contributed by atoms with Crippen molar-refractivity contribution < 1.29 is 0 Å². The number of H-pyrrole nitrogens is 1. The minimum atomic E-state index is 0.536. The first-order chi connectivity index (χ1) is 8.78. The molecule has 3 N–H and O–H groups in total. The lowest BCUT2D eigenvalue weighted by atomic mass is 10.1. The zero-order valence-corrected chi connectivity index (χ0v) is 10.3. The van der Waals surface area contributed by atoms with Gasteiger partial charge in [-0.3, -0.25) is 4.98 Å². The number of aryl methyl sites for hydroxylation is 1. The van der Waals surface area contributed by atoms with E-state index in [-0.39, 0.29) is 0 Å². The second kappa shape index (κ2) is 4.27. The van der Waals surface area contributed by atoms with Crippen LogP contribution in [-0.2, 0) is 6.54 Å². The Balaban J connectivity index is 2.16. The molecule has 3 aromatic rings. The van der Waals surface area contributed by atoms with Gasteiger partial charge in [0.15, 0.2) is 0 Å². The van der Waals surface area contributed by atoms with Gasteiger partial charge in [-0.1, -0.05) is 18.2 Å². The molecule has 0 aliphatic carbocycles. The molecular weight excluding hydrogens is 222 g/mol. The molecule has 0 bridgehead atoms. The molecule has 2 aromatic heterocycles. The molecule has 2 heterocycles. The highest BCUT2D eigenvalue weighted by molar-refractivity contribution is 5.87. The highest BCUT2D eigenvalue weighted by Crippen LogP contribution is 2.25. The fraction of sp³-hybridized carbons (Fsp3) is 0.133. The van der Waals surface area contributed by atoms with Gasteiger partial charge in [-0.25, -0.2) is 0 Å². The van der Waals surface area contributed by atoms with Crippen molar-refractivity contribution in [2.24, 2.45) is 5.73 Å². The summed E-state index contributed by atoms with van der Waals surface area (Å²) in [5.41, 5.74) is 11.1. The van der Waals surface area contributed by atoms with Crippen LogP contribution in [0.4, 0.5) is 0 Å². The molecule has 18 heavy (non-hydrogen) atoms. The number of hydrogen-bond donors (Lipinski definition) is 2. The molecule has 0 aliphatic heterocycles. The minimum absolute atomic E-state index is 0.536. The minimum Gasteiger partial charge on any atom is -0.353 e. The van der Waals surface area contributed by atoms with E-state index in [9.17, 15) is 0 Å². The van der Waals surface area contributed by atoms with E-state index < -0.39 is 0 Å². The summed E-state index contributed by atoms with van der Waals surface area (Å²) in [4.78, 5) is 7.82. The van der Waals surface area contributed by atoms with Crippen LogP contribution in [0, 0.1) is 6.92 Å². The molecule has 3 nitrogen and oxygen atoms in total. The third-order valence-corrected chi connectivity index (χ3v) is 3.20. The lowest BCUT2D eigenvalue weighted by Gasteiger charge is -2.00. The molecule has 90 valence electrons. The highest BCUT2D eigenvalue weighted by Gasteiger charge is 2.06. The smallest absolute Gasteiger partial charge is 0.0867 e. The van der Waals surface area contributed by atoms with Crippen LogP contribution < -0.4 is 5.73 Å². The molecule has 0 radical (unpaired) electrons. The number of benzene rings is 1. The van der Waals surface area contributed by atoms with Crippen LogP contribution in [0.5, 0.6) is 0 Å². The van der Waals surface area contributed by atoms with E-state index in [1.165, 1.54) is 16.5 Å². The van der Waals surface area contributed by atoms with E-state index >= 15 is 0 Å². The number of pyridine rings is 1. The highest BCUT2D eigenvalue weighted by atomic mass is 14.8. The van der Waals surface area contributed by atoms with Crippen molar-refractivity contribution >= 4 is 10.9 Å². The molecule has 3 rings (SSSR count). The number of para-hydroxylation sites is 1. The number of hydrogen-bond acceptors (Lipinski definition) is 2. The van der Waals surface area contributed by atoms with Crippen molar-refractivity contribution in [3.05, 3.63) is 53.7 Å². The van der Waals surface area contributed by atoms with Gasteiger partial charge in [0.05, 0.1) is 11.4 Å². The van der Waals surface area contributed by atoms with E-state index in [2.05, 4.69) is 41.2 Å². The summed E-state index contributed by atoms with van der Waals surface area (Å²) in [5, 5.41) is 1.21. The summed E-state index contributed by atoms with van der Waals surface area (Å²) in [6.07, 6.45) is 1.80. The van der Waals surface area contributed by atoms with Gasteiger partial charge in [0.25, 0.3) is 0 Å². The van der Waals surface area contributed by atoms with Gasteiger partial charge in [0.1, 0.15) is 0 Å². The topological polar surface area (TPSA) is 54.7 Å². The zero-order chi connectivity index (χ0) is 12.5. The largest absolute Gasteiger partial charge is 0.353 e. The van der Waals surface area contributed by atoms with Gasteiger partial charge < -0.3 is 10.7 Å². The number of nitrogens with zero attached hydrogens (tertiary/aromatic N) is 1. The quantitative estimate of drug-likeness (QED) is 0.720. The van der Waals surface area contributed by atoms with Gasteiger partial charge in [0.2, 0.25) is 0 Å². The first-order valence-corrected chi connectivity index (χ1v) is 6.01. The predicted octanol–water partition coefficient (Wildman–Crippen LogP) is 3.00. The van der Waals surface area contributed by atoms with E-state index in [1.54, 1.807) is 6.20 Å². The maximum absolute atomic E-state index is 5.66. The van der Waals surface area contributed by atoms with Crippen molar-refractivity contribution in [3.63, 3.8) is 0 Å². The average molecular weight is 237 g/mol. The normalized spacial score (nSPS) is 11.0. The van der Waals surface area contributed by atoms with Gasteiger partial charge in [0, 0.05) is 23.6 Å². The maximum atomic E-state index is 5.66. The van der Waals surface area contributed by atoms with E-state index in [0.29, 0.717) is 6.54 Å². The number of rotatable bonds is 2. The number of aromatic nitrogens is 2. The number of fused-ring (bicyclic) bond motifs is 1. The van der Waals surface area contributed by atoms with E-state index in [1.807, 2.05) is 12.1 Å². The fourth-order valence-electron chi connectivity index (χ4n) is 2.19. The van der Waals surface area contributed by atoms with Crippen molar-refractivity contribution in [1.29, 1.82) is 0 Å². The molecule has 0 atom stereocenters. The summed E-state index contributed by atoms with van der Waals surface area (Å²) < 4.78 is 0. The molecule has 1 aromatic carbocycles. The Morgan fingerprint density at radius 1 is 1.22 bits per heavy atom. The van der Waals surface area contributed by atoms with Crippen LogP contribution in [-0.4, -0.2) is 9.97 Å². The molecule has 0 unspecified atom stereocenters. The van der Waals surface area contributed by atoms with Crippen molar-refractivity contribution in [1.82, 2.24) is 9.97 Å². The van der Waals surface area contributed by atoms with Crippen LogP contribution in [0.1, 0.15) is 11.1 Å². The lowest BCUT2D eigenvalue weighted by molar-refractivity contribution is 1.06. The zero-order valence-electron chi connectivity index (χ0n) is 10.3. The molecule has 0 fully saturated rings. The first-order valence-electron chi connectivity index (χ1n) is 6.01. The molecular formula is C15H15N3. The Morgan fingerprint density at radius 3 is 2.89 bits per heavy atom. The van der Waals surface area contributed by atoms with Gasteiger partial charge in [-0.05, 0) is 36.2 Å². The number of aromatic amines is 1. The van der Waals surface area contributed by atoms with Crippen molar-refractivity contribution in [3.8, 4) is 11.4 Å². The molecule has 3 heteroatoms. The van der Waals surface area contributed by atoms with Crippen LogP contribution in [0.2, 0.25) is 0 Å². The third kappa shape index (κ3) is 1.79. The van der Waals surface area contributed by atoms with Gasteiger partial charge in [-0.15, -0.1) is 0 Å². The van der Waals surface area contributed by atoms with Crippen LogP contribution in [0.15, 0.2) is 42.6 Å². The van der Waals surface area contributed by atoms with Crippen LogP contribution in [0.25, 0.3) is 22.3 Å². The lowest BCUT2D eigenvalue weighted by Crippen LogP contribution is -1.97. The standard InChI is InChI=1S/C15H15N3/c1-10-3-2-4-12-8-14(18-15(10)12)13-7-11(9-16)5-6-17-13/h2-8,18H,9,16H2,1H3. The van der Waals surface area contributed by atoms with Crippen molar-refractivity contribution in [2.45, 2.75) is 13.5 Å². The summed E-state index contributed by atoms with van der Waals surface area (Å²) in [6, 6.07) is 12.4. The van der Waals surface area contributed by atoms with Crippen LogP contribution in [0.3, 0.4) is 0 Å². The van der Waals surface area contributed by atoms with Crippen molar-refractivity contribution in [2.75, 3.05) is 0 Å². The van der Waals surface area contributed by atoms with Gasteiger partial charge >= 0.3 is 0 Å². The maximum Gasteiger partial charge on any atom is 0.0867 e. The average Bonchev–Trinajstić information content (AvgIpc) is 2.84. The monoisotopic (exact) mass is 237 g/mol.